The van der Waals surface area contributed by atoms with Crippen molar-refractivity contribution >= 4 is 29.8 Å². The molecule has 0 bridgehead atoms. The fourth-order valence-electron chi connectivity index (χ4n) is 2.71. The molecule has 1 fully saturated rings. The molecule has 1 N–H and O–H groups in total. The van der Waals surface area contributed by atoms with Crippen LogP contribution in [0.3, 0.4) is 0 Å². The summed E-state index contributed by atoms with van der Waals surface area (Å²) in [5.41, 5.74) is 0. The van der Waals surface area contributed by atoms with Gasteiger partial charge in [-0.1, -0.05) is 0 Å². The lowest BCUT2D eigenvalue weighted by molar-refractivity contribution is -0.291. The Labute approximate surface area is 155 Å². The summed E-state index contributed by atoms with van der Waals surface area (Å²) in [6, 6.07) is -0.973. The molecule has 0 aromatic carbocycles. The van der Waals surface area contributed by atoms with E-state index in [2.05, 4.69) is 10.1 Å². The number of amides is 1. The quantitative estimate of drug-likeness (QED) is 0.453. The van der Waals surface area contributed by atoms with Crippen molar-refractivity contribution in [3.8, 4) is 0 Å². The van der Waals surface area contributed by atoms with Gasteiger partial charge in [0, 0.05) is 27.7 Å². The Balaban J connectivity index is 3.34. The maximum Gasteiger partial charge on any atom is 0.379 e. The smallest absolute Gasteiger partial charge is 0.379 e. The van der Waals surface area contributed by atoms with Gasteiger partial charge in [-0.15, -0.1) is 0 Å². The van der Waals surface area contributed by atoms with Crippen molar-refractivity contribution < 1.29 is 47.7 Å². The van der Waals surface area contributed by atoms with Gasteiger partial charge >= 0.3 is 29.7 Å². The van der Waals surface area contributed by atoms with Crippen LogP contribution in [0, 0.1) is 0 Å². The third kappa shape index (κ3) is 6.20. The SMILES string of the molecule is COC(=O)C1(OC(C)=O)C[C@H](OC(C)=O)[C@@H](NC(C)=O)[C@H](COC(C)=O)O1. The molecule has 0 saturated carbocycles. The van der Waals surface area contributed by atoms with Crippen LogP contribution in [0.1, 0.15) is 34.1 Å². The summed E-state index contributed by atoms with van der Waals surface area (Å²) in [7, 11) is 1.05. The third-order valence-corrected chi connectivity index (χ3v) is 3.56. The summed E-state index contributed by atoms with van der Waals surface area (Å²) in [6.07, 6.45) is -2.73. The number of hydrogen-bond donors (Lipinski definition) is 1. The van der Waals surface area contributed by atoms with Gasteiger partial charge in [-0.25, -0.2) is 4.79 Å². The van der Waals surface area contributed by atoms with E-state index in [0.717, 1.165) is 27.9 Å². The van der Waals surface area contributed by atoms with E-state index in [1.807, 2.05) is 0 Å². The van der Waals surface area contributed by atoms with E-state index in [9.17, 15) is 24.0 Å². The van der Waals surface area contributed by atoms with Gasteiger partial charge in [0.2, 0.25) is 5.91 Å². The third-order valence-electron chi connectivity index (χ3n) is 3.56. The lowest BCUT2D eigenvalue weighted by atomic mass is 9.92. The molecule has 0 spiro atoms. The van der Waals surface area contributed by atoms with Crippen molar-refractivity contribution in [3.63, 3.8) is 0 Å². The first-order valence-corrected chi connectivity index (χ1v) is 8.04. The van der Waals surface area contributed by atoms with Gasteiger partial charge in [-0.3, -0.25) is 19.2 Å². The van der Waals surface area contributed by atoms with E-state index >= 15 is 0 Å². The number of hydrogen-bond acceptors (Lipinski definition) is 10. The van der Waals surface area contributed by atoms with E-state index < -0.39 is 66.8 Å². The van der Waals surface area contributed by atoms with Gasteiger partial charge in [0.15, 0.2) is 0 Å². The first kappa shape index (κ1) is 22.4. The number of ether oxygens (including phenoxy) is 5. The number of esters is 4. The second-order valence-corrected chi connectivity index (χ2v) is 5.88. The second kappa shape index (κ2) is 9.31. The average Bonchev–Trinajstić information content (AvgIpc) is 2.53. The van der Waals surface area contributed by atoms with Gasteiger partial charge in [-0.2, -0.15) is 0 Å². The van der Waals surface area contributed by atoms with Crippen molar-refractivity contribution in [3.05, 3.63) is 0 Å². The Hall–Kier alpha value is -2.69. The van der Waals surface area contributed by atoms with Gasteiger partial charge in [0.25, 0.3) is 0 Å². The highest BCUT2D eigenvalue weighted by Crippen LogP contribution is 2.34. The van der Waals surface area contributed by atoms with Crippen LogP contribution in [-0.2, 0) is 47.7 Å². The standard InChI is InChI=1S/C16H23NO10/c1-8(18)17-14-12(25-10(3)20)6-16(15(22)23-5,26-11(4)21)27-13(14)7-24-9(2)19/h12-14H,6-7H2,1-5H3,(H,17,18)/t12-,13-,14+,16?/m0/s1. The second-order valence-electron chi connectivity index (χ2n) is 5.88. The number of rotatable bonds is 6. The number of nitrogens with one attached hydrogen (secondary N) is 1. The maximum atomic E-state index is 12.3. The molecule has 4 atom stereocenters. The monoisotopic (exact) mass is 389 g/mol. The molecule has 0 aromatic heterocycles. The topological polar surface area (TPSA) is 144 Å². The van der Waals surface area contributed by atoms with Crippen LogP contribution in [0.5, 0.6) is 0 Å². The summed E-state index contributed by atoms with van der Waals surface area (Å²) < 4.78 is 25.4. The summed E-state index contributed by atoms with van der Waals surface area (Å²) in [5, 5.41) is 2.53. The highest BCUT2D eigenvalue weighted by atomic mass is 16.8. The molecule has 1 aliphatic heterocycles. The van der Waals surface area contributed by atoms with Gasteiger partial charge in [0.05, 0.1) is 19.6 Å². The fourth-order valence-corrected chi connectivity index (χ4v) is 2.71. The van der Waals surface area contributed by atoms with Crippen molar-refractivity contribution in [2.75, 3.05) is 13.7 Å². The van der Waals surface area contributed by atoms with Crippen LogP contribution in [0.4, 0.5) is 0 Å². The Morgan fingerprint density at radius 1 is 1.04 bits per heavy atom. The largest absolute Gasteiger partial charge is 0.464 e. The molecule has 27 heavy (non-hydrogen) atoms. The minimum Gasteiger partial charge on any atom is -0.464 e. The van der Waals surface area contributed by atoms with Gasteiger partial charge in [-0.05, 0) is 0 Å². The molecule has 0 aromatic rings. The van der Waals surface area contributed by atoms with Gasteiger partial charge in [0.1, 0.15) is 18.8 Å². The van der Waals surface area contributed by atoms with E-state index in [-0.39, 0.29) is 0 Å². The lowest BCUT2D eigenvalue weighted by Gasteiger charge is -2.45. The van der Waals surface area contributed by atoms with Crippen molar-refractivity contribution in [2.24, 2.45) is 0 Å². The molecule has 0 radical (unpaired) electrons. The molecule has 1 aliphatic rings. The van der Waals surface area contributed by atoms with E-state index in [4.69, 9.17) is 18.9 Å². The van der Waals surface area contributed by atoms with Crippen LogP contribution in [-0.4, -0.2) is 67.5 Å². The minimum absolute atomic E-state index is 0.405. The molecule has 11 heteroatoms. The summed E-state index contributed by atoms with van der Waals surface area (Å²) >= 11 is 0. The van der Waals surface area contributed by atoms with Gasteiger partial charge < -0.3 is 29.0 Å². The zero-order valence-electron chi connectivity index (χ0n) is 15.7. The van der Waals surface area contributed by atoms with Crippen LogP contribution >= 0.6 is 0 Å². The highest BCUT2D eigenvalue weighted by molar-refractivity contribution is 5.82. The maximum absolute atomic E-state index is 12.3. The molecule has 1 heterocycles. The van der Waals surface area contributed by atoms with E-state index in [1.54, 1.807) is 0 Å². The van der Waals surface area contributed by atoms with Crippen molar-refractivity contribution in [1.82, 2.24) is 5.32 Å². The lowest BCUT2D eigenvalue weighted by Crippen LogP contribution is -2.66. The molecule has 152 valence electrons. The first-order chi connectivity index (χ1) is 12.5. The molecular weight excluding hydrogens is 366 g/mol. The zero-order valence-corrected chi connectivity index (χ0v) is 15.7. The molecule has 0 aliphatic carbocycles. The molecular formula is C16H23NO10. The predicted molar refractivity (Wildman–Crippen MR) is 85.8 cm³/mol. The highest BCUT2D eigenvalue weighted by Gasteiger charge is 2.57. The first-order valence-electron chi connectivity index (χ1n) is 8.04. The Bertz CT molecular complexity index is 618. The van der Waals surface area contributed by atoms with Crippen LogP contribution in [0.15, 0.2) is 0 Å². The number of methoxy groups -OCH3 is 1. The van der Waals surface area contributed by atoms with E-state index in [0.29, 0.717) is 0 Å². The number of carbonyl (C=O) groups excluding carboxylic acids is 5. The molecule has 11 nitrogen and oxygen atoms in total. The molecule has 1 saturated heterocycles. The van der Waals surface area contributed by atoms with Crippen LogP contribution in [0.25, 0.3) is 0 Å². The van der Waals surface area contributed by atoms with Crippen LogP contribution < -0.4 is 5.32 Å². The summed E-state index contributed by atoms with van der Waals surface area (Å²) in [6.45, 7) is 4.16. The molecule has 1 amide bonds. The average molecular weight is 389 g/mol. The fraction of sp³-hybridized carbons (Fsp3) is 0.688. The summed E-state index contributed by atoms with van der Waals surface area (Å²) in [5.74, 6) is -5.97. The van der Waals surface area contributed by atoms with Crippen LogP contribution in [0.2, 0.25) is 0 Å². The van der Waals surface area contributed by atoms with Crippen molar-refractivity contribution in [2.45, 2.75) is 58.2 Å². The number of carbonyl (C=O) groups is 5. The van der Waals surface area contributed by atoms with E-state index in [1.165, 1.54) is 6.92 Å². The molecule has 1 rings (SSSR count). The molecule has 1 unspecified atom stereocenters. The Morgan fingerprint density at radius 3 is 2.11 bits per heavy atom. The Kier molecular flexibility index (Phi) is 7.70. The Morgan fingerprint density at radius 2 is 1.67 bits per heavy atom. The summed E-state index contributed by atoms with van der Waals surface area (Å²) in [4.78, 5) is 58.1. The predicted octanol–water partition coefficient (Wildman–Crippen LogP) is -0.793. The van der Waals surface area contributed by atoms with Crippen molar-refractivity contribution in [1.29, 1.82) is 0 Å². The normalized spacial score (nSPS) is 27.1. The minimum atomic E-state index is -2.24. The zero-order chi connectivity index (χ0) is 20.8.